The molecule has 2 aliphatic heterocycles. The Morgan fingerprint density at radius 3 is 2.76 bits per heavy atom. The fourth-order valence-corrected chi connectivity index (χ4v) is 7.77. The molecule has 2 aromatic rings. The van der Waals surface area contributed by atoms with Gasteiger partial charge in [-0.15, -0.1) is 0 Å². The van der Waals surface area contributed by atoms with E-state index in [9.17, 15) is 9.35 Å². The van der Waals surface area contributed by atoms with Crippen molar-refractivity contribution >= 4 is 28.1 Å². The molecule has 2 aromatic heterocycles. The summed E-state index contributed by atoms with van der Waals surface area (Å²) in [5.74, 6) is -0.528. The lowest BCUT2D eigenvalue weighted by Gasteiger charge is -2.61. The number of hydrogen-bond donors (Lipinski definition) is 4. The zero-order chi connectivity index (χ0) is 24.0. The van der Waals surface area contributed by atoms with E-state index < -0.39 is 37.8 Å². The number of ether oxygens (including phenoxy) is 1. The zero-order valence-corrected chi connectivity index (χ0v) is 19.7. The van der Waals surface area contributed by atoms with Gasteiger partial charge in [0.05, 0.1) is 29.5 Å². The summed E-state index contributed by atoms with van der Waals surface area (Å²) in [5.41, 5.74) is 5.15. The molecule has 2 aliphatic rings. The highest BCUT2D eigenvalue weighted by molar-refractivity contribution is 8.29. The fourth-order valence-electron chi connectivity index (χ4n) is 4.34. The SMILES string of the molecule is COc1cnc(C(=O)Nc2ccc(F)c([C@@]3(C)N=C(N)C(C)(C)[S@]4(O)NCCC[C@H]34)n2)cn1. The molecule has 0 saturated carbocycles. The molecule has 5 N–H and O–H groups in total. The van der Waals surface area contributed by atoms with Crippen LogP contribution in [0.25, 0.3) is 0 Å². The normalized spacial score (nSPS) is 28.4. The molecule has 0 radical (unpaired) electrons. The zero-order valence-electron chi connectivity index (χ0n) is 18.9. The largest absolute Gasteiger partial charge is 0.480 e. The molecule has 4 rings (SSSR count). The van der Waals surface area contributed by atoms with E-state index in [1.54, 1.807) is 6.92 Å². The third kappa shape index (κ3) is 3.71. The van der Waals surface area contributed by atoms with Crippen molar-refractivity contribution in [3.8, 4) is 5.88 Å². The molecule has 178 valence electrons. The van der Waals surface area contributed by atoms with Crippen LogP contribution in [0, 0.1) is 5.82 Å². The third-order valence-electron chi connectivity index (χ3n) is 6.39. The topological polar surface area (TPSA) is 148 Å². The van der Waals surface area contributed by atoms with Crippen LogP contribution < -0.4 is 20.5 Å². The highest BCUT2D eigenvalue weighted by Gasteiger charge is 2.60. The minimum Gasteiger partial charge on any atom is -0.480 e. The number of anilines is 1. The fraction of sp³-hybridized carbons (Fsp3) is 0.476. The second kappa shape index (κ2) is 8.19. The van der Waals surface area contributed by atoms with Crippen molar-refractivity contribution < 1.29 is 18.5 Å². The van der Waals surface area contributed by atoms with E-state index in [-0.39, 0.29) is 28.9 Å². The quantitative estimate of drug-likeness (QED) is 0.525. The van der Waals surface area contributed by atoms with E-state index in [0.717, 1.165) is 6.42 Å². The van der Waals surface area contributed by atoms with E-state index in [4.69, 9.17) is 10.5 Å². The molecular weight excluding hydrogens is 449 g/mol. The highest BCUT2D eigenvalue weighted by Crippen LogP contribution is 2.66. The van der Waals surface area contributed by atoms with Gasteiger partial charge in [0.1, 0.15) is 34.4 Å². The first kappa shape index (κ1) is 23.3. The molecule has 1 amide bonds. The molecule has 1 fully saturated rings. The Morgan fingerprint density at radius 2 is 2.09 bits per heavy atom. The standard InChI is InChI=1S/C21H28FN7O3S/c1-20(2)19(23)29-21(3,14-6-5-9-26-33(14,20)31)17-12(22)7-8-15(27-17)28-18(30)13-10-25-16(32-4)11-24-13/h7-8,10-11,14,26,31H,5-6,9H2,1-4H3,(H2,23,29)(H,27,28,30)/t14-,21+/m1/s1. The third-order valence-corrected chi connectivity index (χ3v) is 10.3. The monoisotopic (exact) mass is 477 g/mol. The molecule has 10 nitrogen and oxygen atoms in total. The number of fused-ring (bicyclic) bond motifs is 1. The van der Waals surface area contributed by atoms with Crippen LogP contribution in [0.3, 0.4) is 0 Å². The first-order chi connectivity index (χ1) is 15.5. The Kier molecular flexibility index (Phi) is 5.79. The van der Waals surface area contributed by atoms with Gasteiger partial charge in [-0.3, -0.25) is 14.5 Å². The van der Waals surface area contributed by atoms with Gasteiger partial charge in [-0.2, -0.15) is 0 Å². The van der Waals surface area contributed by atoms with Gasteiger partial charge in [0.15, 0.2) is 0 Å². The summed E-state index contributed by atoms with van der Waals surface area (Å²) in [6.45, 7) is 6.07. The summed E-state index contributed by atoms with van der Waals surface area (Å²) in [6, 6.07) is 2.58. The van der Waals surface area contributed by atoms with E-state index in [1.165, 1.54) is 31.6 Å². The molecule has 0 spiro atoms. The van der Waals surface area contributed by atoms with Crippen molar-refractivity contribution in [1.82, 2.24) is 19.7 Å². The summed E-state index contributed by atoms with van der Waals surface area (Å²) in [4.78, 5) is 29.7. The number of pyridine rings is 1. The van der Waals surface area contributed by atoms with Crippen molar-refractivity contribution in [2.45, 2.75) is 49.1 Å². The van der Waals surface area contributed by atoms with Crippen LogP contribution in [0.15, 0.2) is 29.5 Å². The number of carbonyl (C=O) groups is 1. The lowest BCUT2D eigenvalue weighted by molar-refractivity contribution is 0.102. The number of nitrogens with zero attached hydrogens (tertiary/aromatic N) is 4. The summed E-state index contributed by atoms with van der Waals surface area (Å²) in [6.07, 6.45) is 4.02. The van der Waals surface area contributed by atoms with Crippen LogP contribution in [-0.4, -0.2) is 54.9 Å². The Balaban J connectivity index is 1.72. The summed E-state index contributed by atoms with van der Waals surface area (Å²) < 4.78 is 34.3. The first-order valence-electron chi connectivity index (χ1n) is 10.5. The summed E-state index contributed by atoms with van der Waals surface area (Å²) in [7, 11) is -1.05. The summed E-state index contributed by atoms with van der Waals surface area (Å²) in [5, 5.41) is 2.20. The van der Waals surface area contributed by atoms with Gasteiger partial charge in [0.2, 0.25) is 5.88 Å². The van der Waals surface area contributed by atoms with E-state index >= 15 is 4.39 Å². The van der Waals surface area contributed by atoms with Gasteiger partial charge >= 0.3 is 0 Å². The number of carbonyl (C=O) groups excluding carboxylic acids is 1. The average molecular weight is 478 g/mol. The number of nitrogens with two attached hydrogens (primary N) is 1. The second-order valence-corrected chi connectivity index (χ2v) is 11.9. The molecule has 12 heteroatoms. The van der Waals surface area contributed by atoms with Crippen molar-refractivity contribution in [1.29, 1.82) is 0 Å². The maximum absolute atomic E-state index is 15.1. The van der Waals surface area contributed by atoms with Crippen LogP contribution in [0.2, 0.25) is 0 Å². The molecule has 33 heavy (non-hydrogen) atoms. The molecule has 0 aliphatic carbocycles. The van der Waals surface area contributed by atoms with Crippen LogP contribution in [-0.2, 0) is 5.54 Å². The number of nitrogens with one attached hydrogen (secondary N) is 2. The molecule has 0 bridgehead atoms. The lowest BCUT2D eigenvalue weighted by atomic mass is 9.89. The smallest absolute Gasteiger partial charge is 0.277 e. The van der Waals surface area contributed by atoms with Crippen molar-refractivity contribution in [2.24, 2.45) is 10.7 Å². The molecular formula is C21H28FN7O3S. The number of halogens is 1. The van der Waals surface area contributed by atoms with Gasteiger partial charge in [0, 0.05) is 6.54 Å². The van der Waals surface area contributed by atoms with Gasteiger partial charge < -0.3 is 20.3 Å². The minimum atomic E-state index is -2.50. The Hall–Kier alpha value is -2.83. The maximum atomic E-state index is 15.1. The molecule has 3 atom stereocenters. The molecule has 0 aromatic carbocycles. The Bertz CT molecular complexity index is 1110. The van der Waals surface area contributed by atoms with Gasteiger partial charge in [0.25, 0.3) is 5.91 Å². The van der Waals surface area contributed by atoms with Crippen LogP contribution >= 0.6 is 10.5 Å². The number of aromatic nitrogens is 3. The average Bonchev–Trinajstić information content (AvgIpc) is 2.79. The first-order valence-corrected chi connectivity index (χ1v) is 12.2. The molecule has 4 heterocycles. The van der Waals surface area contributed by atoms with Gasteiger partial charge in [-0.25, -0.2) is 19.3 Å². The maximum Gasteiger partial charge on any atom is 0.277 e. The van der Waals surface area contributed by atoms with Gasteiger partial charge in [-0.1, -0.05) is 10.5 Å². The highest BCUT2D eigenvalue weighted by atomic mass is 32.3. The van der Waals surface area contributed by atoms with Crippen molar-refractivity contribution in [3.05, 3.63) is 41.7 Å². The predicted octanol–water partition coefficient (Wildman–Crippen LogP) is 2.58. The summed E-state index contributed by atoms with van der Waals surface area (Å²) >= 11 is 0. The Morgan fingerprint density at radius 1 is 1.33 bits per heavy atom. The minimum absolute atomic E-state index is 0.0131. The van der Waals surface area contributed by atoms with Crippen LogP contribution in [0.4, 0.5) is 10.2 Å². The number of amidine groups is 1. The number of hydrogen-bond acceptors (Lipinski definition) is 9. The van der Waals surface area contributed by atoms with Crippen LogP contribution in [0.1, 0.15) is 49.8 Å². The number of amides is 1. The predicted molar refractivity (Wildman–Crippen MR) is 125 cm³/mol. The van der Waals surface area contributed by atoms with Crippen LogP contribution in [0.5, 0.6) is 5.88 Å². The molecule has 0 unspecified atom stereocenters. The van der Waals surface area contributed by atoms with Gasteiger partial charge in [-0.05, 0) is 45.7 Å². The Labute approximate surface area is 192 Å². The lowest BCUT2D eigenvalue weighted by Crippen LogP contribution is -2.62. The number of aliphatic imine (C=N–C) groups is 1. The number of methoxy groups -OCH3 is 1. The number of rotatable bonds is 4. The second-order valence-electron chi connectivity index (χ2n) is 8.73. The van der Waals surface area contributed by atoms with Crippen molar-refractivity contribution in [2.75, 3.05) is 19.0 Å². The van der Waals surface area contributed by atoms with Crippen molar-refractivity contribution in [3.63, 3.8) is 0 Å². The molecule has 1 saturated heterocycles. The van der Waals surface area contributed by atoms with E-state index in [1.807, 2.05) is 13.8 Å². The van der Waals surface area contributed by atoms with E-state index in [2.05, 4.69) is 30.0 Å². The van der Waals surface area contributed by atoms with E-state index in [0.29, 0.717) is 13.0 Å².